The summed E-state index contributed by atoms with van der Waals surface area (Å²) in [4.78, 5) is 7.32. The van der Waals surface area contributed by atoms with E-state index in [0.29, 0.717) is 0 Å². The van der Waals surface area contributed by atoms with Crippen molar-refractivity contribution in [2.45, 2.75) is 48.0 Å². The molecular weight excluding hydrogens is 474 g/mol. The molecule has 0 amide bonds. The van der Waals surface area contributed by atoms with Gasteiger partial charge in [-0.1, -0.05) is 0 Å². The molecule has 0 spiro atoms. The van der Waals surface area contributed by atoms with Crippen LogP contribution in [-0.2, 0) is 0 Å². The van der Waals surface area contributed by atoms with E-state index in [1.807, 2.05) is 0 Å². The first-order valence-corrected chi connectivity index (χ1v) is 15.2. The van der Waals surface area contributed by atoms with Crippen molar-refractivity contribution < 1.29 is 18.9 Å². The Morgan fingerprint density at radius 3 is 1.90 bits per heavy atom. The van der Waals surface area contributed by atoms with E-state index in [2.05, 4.69) is 82.6 Å². The van der Waals surface area contributed by atoms with Gasteiger partial charge < -0.3 is 0 Å². The average Bonchev–Trinajstić information content (AvgIpc) is 2.97. The van der Waals surface area contributed by atoms with Crippen molar-refractivity contribution in [3.8, 4) is 0 Å². The van der Waals surface area contributed by atoms with Crippen LogP contribution in [0, 0.1) is 53.4 Å². The van der Waals surface area contributed by atoms with Crippen LogP contribution >= 0.6 is 19.8 Å². The van der Waals surface area contributed by atoms with Crippen molar-refractivity contribution in [1.29, 1.82) is 0 Å². The van der Waals surface area contributed by atoms with Gasteiger partial charge in [-0.15, -0.1) is 0 Å². The Balaban J connectivity index is 0.00000320. The Bertz CT molecular complexity index is 849. The molecule has 0 bridgehead atoms. The number of rotatable bonds is 6. The van der Waals surface area contributed by atoms with Crippen molar-refractivity contribution in [2.75, 3.05) is 33.6 Å². The number of alkyl halides is 2. The first-order chi connectivity index (χ1) is 13.7. The second-order valence-corrected chi connectivity index (χ2v) is 14.0. The second kappa shape index (κ2) is 10.4. The molecule has 2 aromatic carbocycles. The zero-order valence-electron chi connectivity index (χ0n) is 20.2. The monoisotopic (exact) mass is 512 g/mol. The Morgan fingerprint density at radius 2 is 1.40 bits per heavy atom. The van der Waals surface area contributed by atoms with Crippen molar-refractivity contribution in [1.82, 2.24) is 4.48 Å². The maximum Gasteiger partial charge on any atom is 1.00 e. The van der Waals surface area contributed by atoms with Gasteiger partial charge in [0.05, 0.1) is 0 Å². The number of hydrogen-bond acceptors (Lipinski definition) is 1. The van der Waals surface area contributed by atoms with Gasteiger partial charge in [-0.3, -0.25) is 0 Å². The second-order valence-electron chi connectivity index (χ2n) is 9.00. The minimum atomic E-state index is -1.26. The molecule has 1 saturated heterocycles. The molecule has 0 radical (unpaired) electrons. The molecule has 2 aromatic rings. The van der Waals surface area contributed by atoms with E-state index < -0.39 is 19.8 Å². The van der Waals surface area contributed by atoms with Crippen LogP contribution in [0.15, 0.2) is 24.3 Å². The fourth-order valence-corrected chi connectivity index (χ4v) is 9.63. The van der Waals surface area contributed by atoms with E-state index in [1.54, 1.807) is 5.69 Å². The molecule has 0 aromatic heterocycles. The van der Waals surface area contributed by atoms with Crippen LogP contribution in [-0.4, -0.2) is 28.7 Å². The molecule has 160 valence electrons. The summed E-state index contributed by atoms with van der Waals surface area (Å²) in [5.74, 6) is 0. The van der Waals surface area contributed by atoms with E-state index in [9.17, 15) is 0 Å². The molecule has 1 atom stereocenters. The third-order valence-corrected chi connectivity index (χ3v) is 10.7. The Labute approximate surface area is 204 Å². The maximum absolute atomic E-state index is 4.67. The molecule has 3 rings (SSSR count). The molecule has 0 saturated carbocycles. The summed E-state index contributed by atoms with van der Waals surface area (Å²) >= 11 is -1.26. The molecule has 4 heteroatoms. The van der Waals surface area contributed by atoms with E-state index in [-0.39, 0.29) is 18.9 Å². The Hall–Kier alpha value is -0.473. The molecule has 0 aliphatic carbocycles. The number of halogens is 1. The van der Waals surface area contributed by atoms with Crippen molar-refractivity contribution in [2.24, 2.45) is 0 Å². The predicted octanol–water partition coefficient (Wildman–Crippen LogP) is 3.81. The summed E-state index contributed by atoms with van der Waals surface area (Å²) in [6, 6.07) is 9.41. The zero-order valence-corrected chi connectivity index (χ0v) is 22.4. The summed E-state index contributed by atoms with van der Waals surface area (Å²) in [5, 5.41) is 0. The summed E-state index contributed by atoms with van der Waals surface area (Å²) in [5.41, 5.74) is 11.4. The normalized spacial score (nSPS) is 19.1. The minimum absolute atomic E-state index is 0. The van der Waals surface area contributed by atoms with E-state index >= 15 is 0 Å². The van der Waals surface area contributed by atoms with Gasteiger partial charge in [0, 0.05) is 0 Å². The first-order valence-electron chi connectivity index (χ1n) is 10.6. The molecular formula is C26H38ILiN2. The fraction of sp³-hybridized carbons (Fsp3) is 0.462. The molecule has 1 fully saturated rings. The molecule has 2 nitrogen and oxygen atoms in total. The van der Waals surface area contributed by atoms with Gasteiger partial charge in [-0.05, 0) is 0 Å². The Kier molecular flexibility index (Phi) is 8.96. The first kappa shape index (κ1) is 25.8. The SMILES string of the molecule is [CH2-]CCI([CH2-])C[N+]1(c2c(C)cc(C)cc2C)CCN(c2c(C)cc(C)cc2C)C1.[Li+]. The van der Waals surface area contributed by atoms with Gasteiger partial charge >= 0.3 is 206 Å². The van der Waals surface area contributed by atoms with E-state index in [1.165, 1.54) is 54.6 Å². The number of aryl methyl sites for hydroxylation is 6. The largest absolute Gasteiger partial charge is 1.00 e. The van der Waals surface area contributed by atoms with Gasteiger partial charge in [0.25, 0.3) is 0 Å². The number of benzene rings is 2. The molecule has 1 heterocycles. The number of quaternary nitrogens is 1. The minimum Gasteiger partial charge on any atom is 1.00 e. The summed E-state index contributed by atoms with van der Waals surface area (Å²) in [6.45, 7) is 21.1. The van der Waals surface area contributed by atoms with Crippen LogP contribution in [0.5, 0.6) is 0 Å². The van der Waals surface area contributed by atoms with Crippen LogP contribution in [0.25, 0.3) is 0 Å². The van der Waals surface area contributed by atoms with E-state index in [4.69, 9.17) is 0 Å². The van der Waals surface area contributed by atoms with Crippen LogP contribution in [0.3, 0.4) is 0 Å². The molecule has 1 aliphatic heterocycles. The van der Waals surface area contributed by atoms with Crippen molar-refractivity contribution in [3.63, 3.8) is 0 Å². The molecule has 30 heavy (non-hydrogen) atoms. The summed E-state index contributed by atoms with van der Waals surface area (Å²) in [7, 11) is 0. The van der Waals surface area contributed by atoms with Gasteiger partial charge in [0.1, 0.15) is 0 Å². The third-order valence-electron chi connectivity index (χ3n) is 6.10. The maximum atomic E-state index is 4.67. The Morgan fingerprint density at radius 1 is 0.900 bits per heavy atom. The quantitative estimate of drug-likeness (QED) is 0.142. The zero-order chi connectivity index (χ0) is 21.3. The third kappa shape index (κ3) is 5.29. The molecule has 1 unspecified atom stereocenters. The molecule has 1 aliphatic rings. The summed E-state index contributed by atoms with van der Waals surface area (Å²) < 4.78 is 3.57. The standard InChI is InChI=1S/C26H38IN2.Li/c1-9-10-27(8)17-29(26-23(6)15-20(3)16-24(26)7)12-11-28(18-29)25-21(4)13-19(2)14-22(25)5;/h13-16H,1,8-12,17-18H2,2-7H3;/q-1;+1. The van der Waals surface area contributed by atoms with Crippen LogP contribution in [0.1, 0.15) is 39.8 Å². The molecule has 0 N–H and O–H groups in total. The average molecular weight is 512 g/mol. The van der Waals surface area contributed by atoms with Gasteiger partial charge in [0.2, 0.25) is 0 Å². The van der Waals surface area contributed by atoms with Crippen molar-refractivity contribution >= 4 is 31.2 Å². The van der Waals surface area contributed by atoms with E-state index in [0.717, 1.165) is 24.1 Å². The number of anilines is 1. The van der Waals surface area contributed by atoms with Crippen LogP contribution < -0.4 is 28.2 Å². The van der Waals surface area contributed by atoms with Gasteiger partial charge in [-0.25, -0.2) is 0 Å². The van der Waals surface area contributed by atoms with Crippen LogP contribution in [0.4, 0.5) is 11.4 Å². The summed E-state index contributed by atoms with van der Waals surface area (Å²) in [6.07, 6.45) is 1.03. The van der Waals surface area contributed by atoms with Gasteiger partial charge in [0.15, 0.2) is 0 Å². The fourth-order valence-electron chi connectivity index (χ4n) is 5.47. The van der Waals surface area contributed by atoms with Crippen molar-refractivity contribution in [3.05, 3.63) is 69.5 Å². The predicted molar refractivity (Wildman–Crippen MR) is 139 cm³/mol. The number of nitrogens with zero attached hydrogens (tertiary/aromatic N) is 2. The van der Waals surface area contributed by atoms with Crippen LogP contribution in [0.2, 0.25) is 0 Å². The smallest absolute Gasteiger partial charge is 1.00 e. The van der Waals surface area contributed by atoms with Gasteiger partial charge in [-0.2, -0.15) is 0 Å². The topological polar surface area (TPSA) is 3.24 Å². The number of hydrogen-bond donors (Lipinski definition) is 0.